The molecule has 78 valence electrons. The van der Waals surface area contributed by atoms with Crippen LogP contribution in [0.2, 0.25) is 5.02 Å². The molecule has 0 aliphatic rings. The van der Waals surface area contributed by atoms with Crippen molar-refractivity contribution in [1.82, 2.24) is 0 Å². The van der Waals surface area contributed by atoms with Crippen LogP contribution in [0.25, 0.3) is 0 Å². The van der Waals surface area contributed by atoms with Crippen LogP contribution in [0.15, 0.2) is 18.2 Å². The van der Waals surface area contributed by atoms with Gasteiger partial charge in [-0.05, 0) is 6.07 Å². The third-order valence-electron chi connectivity index (χ3n) is 2.01. The van der Waals surface area contributed by atoms with E-state index in [0.717, 1.165) is 0 Å². The normalized spacial score (nSPS) is 11.7. The molecule has 0 amide bonds. The fraction of sp³-hybridized carbons (Fsp3) is 0.182. The molecule has 0 saturated carbocycles. The van der Waals surface area contributed by atoms with Crippen molar-refractivity contribution in [2.45, 2.75) is 12.3 Å². The maximum Gasteiger partial charge on any atom is 0.312 e. The van der Waals surface area contributed by atoms with E-state index >= 15 is 0 Å². The Morgan fingerprint density at radius 1 is 1.60 bits per heavy atom. The zero-order valence-electron chi connectivity index (χ0n) is 7.77. The van der Waals surface area contributed by atoms with Gasteiger partial charge < -0.3 is 10.2 Å². The predicted molar refractivity (Wildman–Crippen MR) is 56.9 cm³/mol. The van der Waals surface area contributed by atoms with Gasteiger partial charge in [0.2, 0.25) is 0 Å². The van der Waals surface area contributed by atoms with Gasteiger partial charge in [0.05, 0.1) is 10.9 Å². The Morgan fingerprint density at radius 2 is 2.27 bits per heavy atom. The van der Waals surface area contributed by atoms with Gasteiger partial charge in [0, 0.05) is 12.0 Å². The van der Waals surface area contributed by atoms with E-state index in [-0.39, 0.29) is 22.8 Å². The summed E-state index contributed by atoms with van der Waals surface area (Å²) in [5.41, 5.74) is 0.243. The van der Waals surface area contributed by atoms with Crippen LogP contribution in [0.4, 0.5) is 0 Å². The average Bonchev–Trinajstić information content (AvgIpc) is 2.19. The van der Waals surface area contributed by atoms with Gasteiger partial charge in [-0.2, -0.15) is 0 Å². The highest BCUT2D eigenvalue weighted by molar-refractivity contribution is 6.32. The van der Waals surface area contributed by atoms with Crippen molar-refractivity contribution in [1.29, 1.82) is 0 Å². The standard InChI is InChI=1S/C11H9ClO3/c1-2-4-8(11(14)15)7-5-3-6-9(12)10(7)13/h1,3,5-6,8,13H,4H2,(H,14,15). The lowest BCUT2D eigenvalue weighted by atomic mass is 9.95. The molecule has 0 aliphatic heterocycles. The molecule has 1 rings (SSSR count). The van der Waals surface area contributed by atoms with Crippen LogP contribution in [0.3, 0.4) is 0 Å². The molecule has 15 heavy (non-hydrogen) atoms. The van der Waals surface area contributed by atoms with Gasteiger partial charge in [0.1, 0.15) is 5.75 Å². The Bertz CT molecular complexity index is 420. The second-order valence-electron chi connectivity index (χ2n) is 2.98. The van der Waals surface area contributed by atoms with Crippen molar-refractivity contribution >= 4 is 17.6 Å². The number of hydrogen-bond acceptors (Lipinski definition) is 2. The minimum Gasteiger partial charge on any atom is -0.506 e. The van der Waals surface area contributed by atoms with Crippen LogP contribution in [0, 0.1) is 12.3 Å². The number of carbonyl (C=O) groups is 1. The molecule has 0 radical (unpaired) electrons. The number of hydrogen-bond donors (Lipinski definition) is 2. The molecule has 0 heterocycles. The van der Waals surface area contributed by atoms with E-state index in [4.69, 9.17) is 23.1 Å². The maximum absolute atomic E-state index is 10.9. The molecule has 0 fully saturated rings. The molecule has 1 aromatic rings. The lowest BCUT2D eigenvalue weighted by Crippen LogP contribution is -2.11. The van der Waals surface area contributed by atoms with Gasteiger partial charge in [-0.15, -0.1) is 12.3 Å². The SMILES string of the molecule is C#CCC(C(=O)O)c1cccc(Cl)c1O. The van der Waals surface area contributed by atoms with E-state index in [1.54, 1.807) is 6.07 Å². The molecular formula is C11H9ClO3. The molecule has 1 atom stereocenters. The minimum absolute atomic E-state index is 0.0171. The number of phenols is 1. The summed E-state index contributed by atoms with van der Waals surface area (Å²) in [7, 11) is 0. The zero-order chi connectivity index (χ0) is 11.4. The minimum atomic E-state index is -1.08. The van der Waals surface area contributed by atoms with E-state index in [9.17, 15) is 9.90 Å². The summed E-state index contributed by atoms with van der Waals surface area (Å²) in [4.78, 5) is 10.9. The molecule has 0 spiro atoms. The van der Waals surface area contributed by atoms with Crippen molar-refractivity contribution in [2.75, 3.05) is 0 Å². The molecule has 2 N–H and O–H groups in total. The lowest BCUT2D eigenvalue weighted by molar-refractivity contribution is -0.138. The summed E-state index contributed by atoms with van der Waals surface area (Å²) < 4.78 is 0. The van der Waals surface area contributed by atoms with Crippen molar-refractivity contribution in [3.05, 3.63) is 28.8 Å². The largest absolute Gasteiger partial charge is 0.506 e. The van der Waals surface area contributed by atoms with E-state index < -0.39 is 11.9 Å². The number of carboxylic acid groups (broad SMARTS) is 1. The van der Waals surface area contributed by atoms with Gasteiger partial charge in [-0.1, -0.05) is 23.7 Å². The molecule has 0 aromatic heterocycles. The van der Waals surface area contributed by atoms with E-state index in [1.807, 2.05) is 0 Å². The summed E-state index contributed by atoms with van der Waals surface area (Å²) in [6.45, 7) is 0. The molecule has 3 nitrogen and oxygen atoms in total. The highest BCUT2D eigenvalue weighted by atomic mass is 35.5. The highest BCUT2D eigenvalue weighted by Crippen LogP contribution is 2.33. The predicted octanol–water partition coefficient (Wildman–Crippen LogP) is 2.24. The summed E-state index contributed by atoms with van der Waals surface area (Å²) in [6.07, 6.45) is 5.08. The highest BCUT2D eigenvalue weighted by Gasteiger charge is 2.22. The van der Waals surface area contributed by atoms with Crippen molar-refractivity contribution in [3.8, 4) is 18.1 Å². The average molecular weight is 225 g/mol. The Balaban J connectivity index is 3.18. The maximum atomic E-state index is 10.9. The molecule has 0 saturated heterocycles. The number of para-hydroxylation sites is 1. The number of carboxylic acids is 1. The monoisotopic (exact) mass is 224 g/mol. The third kappa shape index (κ3) is 2.42. The van der Waals surface area contributed by atoms with Crippen LogP contribution >= 0.6 is 11.6 Å². The molecule has 1 unspecified atom stereocenters. The zero-order valence-corrected chi connectivity index (χ0v) is 8.53. The number of aliphatic carboxylic acids is 1. The number of aromatic hydroxyl groups is 1. The topological polar surface area (TPSA) is 57.5 Å². The first-order valence-corrected chi connectivity index (χ1v) is 4.59. The second-order valence-corrected chi connectivity index (χ2v) is 3.38. The Morgan fingerprint density at radius 3 is 2.80 bits per heavy atom. The number of halogens is 1. The number of rotatable bonds is 3. The first-order chi connectivity index (χ1) is 7.07. The van der Waals surface area contributed by atoms with Crippen LogP contribution in [0.1, 0.15) is 17.9 Å². The van der Waals surface area contributed by atoms with E-state index in [0.29, 0.717) is 0 Å². The smallest absolute Gasteiger partial charge is 0.312 e. The van der Waals surface area contributed by atoms with Crippen LogP contribution in [-0.4, -0.2) is 16.2 Å². The molecule has 4 heteroatoms. The van der Waals surface area contributed by atoms with Crippen molar-refractivity contribution < 1.29 is 15.0 Å². The van der Waals surface area contributed by atoms with Gasteiger partial charge in [0.25, 0.3) is 0 Å². The van der Waals surface area contributed by atoms with Crippen molar-refractivity contribution in [3.63, 3.8) is 0 Å². The van der Waals surface area contributed by atoms with Crippen LogP contribution < -0.4 is 0 Å². The number of phenolic OH excluding ortho intramolecular Hbond substituents is 1. The number of terminal acetylenes is 1. The van der Waals surface area contributed by atoms with Gasteiger partial charge in [-0.25, -0.2) is 0 Å². The summed E-state index contributed by atoms with van der Waals surface area (Å²) in [6, 6.07) is 4.55. The first kappa shape index (κ1) is 11.4. The fourth-order valence-corrected chi connectivity index (χ4v) is 1.44. The summed E-state index contributed by atoms with van der Waals surface area (Å²) >= 11 is 5.67. The third-order valence-corrected chi connectivity index (χ3v) is 2.32. The van der Waals surface area contributed by atoms with Gasteiger partial charge in [0.15, 0.2) is 0 Å². The van der Waals surface area contributed by atoms with Crippen LogP contribution in [-0.2, 0) is 4.79 Å². The fourth-order valence-electron chi connectivity index (χ4n) is 1.26. The first-order valence-electron chi connectivity index (χ1n) is 4.21. The summed E-state index contributed by atoms with van der Waals surface area (Å²) in [5, 5.41) is 18.6. The van der Waals surface area contributed by atoms with Crippen molar-refractivity contribution in [2.24, 2.45) is 0 Å². The quantitative estimate of drug-likeness (QED) is 0.775. The molecule has 0 bridgehead atoms. The molecule has 0 aliphatic carbocycles. The molecular weight excluding hydrogens is 216 g/mol. The van der Waals surface area contributed by atoms with Gasteiger partial charge >= 0.3 is 5.97 Å². The van der Waals surface area contributed by atoms with E-state index in [2.05, 4.69) is 5.92 Å². The second kappa shape index (κ2) is 4.72. The Hall–Kier alpha value is -1.66. The summed E-state index contributed by atoms with van der Waals surface area (Å²) in [5.74, 6) is 0.0380. The number of benzene rings is 1. The van der Waals surface area contributed by atoms with E-state index in [1.165, 1.54) is 12.1 Å². The Kier molecular flexibility index (Phi) is 3.59. The Labute approximate surface area is 92.3 Å². The van der Waals surface area contributed by atoms with Gasteiger partial charge in [-0.3, -0.25) is 4.79 Å². The lowest BCUT2D eigenvalue weighted by Gasteiger charge is -2.11. The van der Waals surface area contributed by atoms with Crippen LogP contribution in [0.5, 0.6) is 5.75 Å². The molecule has 1 aromatic carbocycles.